The summed E-state index contributed by atoms with van der Waals surface area (Å²) in [5, 5.41) is 0. The summed E-state index contributed by atoms with van der Waals surface area (Å²) in [6, 6.07) is 6.21. The van der Waals surface area contributed by atoms with Crippen LogP contribution in [0.1, 0.15) is 49.8 Å². The highest BCUT2D eigenvalue weighted by atomic mass is 32.2. The van der Waals surface area contributed by atoms with Crippen molar-refractivity contribution in [1.29, 1.82) is 0 Å². The number of hydrogen-bond donors (Lipinski definition) is 0. The van der Waals surface area contributed by atoms with E-state index in [4.69, 9.17) is 4.74 Å². The average molecular weight is 406 g/mol. The highest BCUT2D eigenvalue weighted by Crippen LogP contribution is 2.22. The molecule has 1 aliphatic heterocycles. The number of unbranched alkanes of at least 4 members (excludes halogenated alkanes) is 1. The molecule has 0 aliphatic carbocycles. The third-order valence-corrected chi connectivity index (χ3v) is 6.62. The molecule has 3 rings (SSSR count). The van der Waals surface area contributed by atoms with E-state index in [2.05, 4.69) is 11.9 Å². The van der Waals surface area contributed by atoms with Gasteiger partial charge in [0.25, 0.3) is 0 Å². The maximum Gasteiger partial charge on any atom is 0.243 e. The van der Waals surface area contributed by atoms with Gasteiger partial charge in [0, 0.05) is 37.6 Å². The summed E-state index contributed by atoms with van der Waals surface area (Å²) in [6.07, 6.45) is 4.98. The molecule has 0 radical (unpaired) electrons. The lowest BCUT2D eigenvalue weighted by atomic mass is 10.1. The lowest BCUT2D eigenvalue weighted by Gasteiger charge is -2.34. The van der Waals surface area contributed by atoms with Gasteiger partial charge in [-0.3, -0.25) is 4.79 Å². The Kier molecular flexibility index (Phi) is 6.32. The summed E-state index contributed by atoms with van der Waals surface area (Å²) in [5.74, 6) is 0.0541. The van der Waals surface area contributed by atoms with Crippen LogP contribution in [0.15, 0.2) is 41.6 Å². The minimum Gasteiger partial charge on any atom is -0.373 e. The van der Waals surface area contributed by atoms with Gasteiger partial charge in [0.1, 0.15) is 0 Å². The second kappa shape index (κ2) is 8.55. The first kappa shape index (κ1) is 20.7. The molecule has 0 unspecified atom stereocenters. The van der Waals surface area contributed by atoms with E-state index in [9.17, 15) is 13.2 Å². The zero-order valence-electron chi connectivity index (χ0n) is 16.5. The summed E-state index contributed by atoms with van der Waals surface area (Å²) < 4.78 is 35.1. The Morgan fingerprint density at radius 1 is 1.25 bits per heavy atom. The second-order valence-corrected chi connectivity index (χ2v) is 9.17. The maximum atomic E-state index is 13.1. The van der Waals surface area contributed by atoms with Crippen LogP contribution in [0, 0.1) is 0 Å². The topological polar surface area (TPSA) is 81.5 Å². The normalized spacial score (nSPS) is 21.0. The Hall–Kier alpha value is -2.03. The van der Waals surface area contributed by atoms with Crippen molar-refractivity contribution in [3.05, 3.63) is 48.0 Å². The first-order valence-corrected chi connectivity index (χ1v) is 11.1. The molecule has 28 heavy (non-hydrogen) atoms. The molecular weight excluding hydrogens is 378 g/mol. The van der Waals surface area contributed by atoms with Crippen molar-refractivity contribution in [3.8, 4) is 0 Å². The largest absolute Gasteiger partial charge is 0.373 e. The molecule has 0 N–H and O–H groups in total. The van der Waals surface area contributed by atoms with E-state index in [1.807, 2.05) is 18.4 Å². The van der Waals surface area contributed by atoms with Crippen LogP contribution in [-0.2, 0) is 21.3 Å². The standard InChI is InChI=1S/C20H27N3O4S/c1-4-5-10-22-11-9-21-20(22)19(24)17-7-6-8-18(12-17)28(25,26)23-13-15(2)27-16(3)14-23/h6-9,11-12,15-16H,4-5,10,13-14H2,1-3H3/t15-,16-/m1/s1. The van der Waals surface area contributed by atoms with Gasteiger partial charge in [-0.05, 0) is 32.4 Å². The molecule has 2 aromatic rings. The molecule has 152 valence electrons. The van der Waals surface area contributed by atoms with E-state index in [1.165, 1.54) is 16.4 Å². The van der Waals surface area contributed by atoms with Crippen molar-refractivity contribution < 1.29 is 17.9 Å². The van der Waals surface area contributed by atoms with Crippen LogP contribution < -0.4 is 0 Å². The molecule has 1 aromatic heterocycles. The van der Waals surface area contributed by atoms with Crippen LogP contribution >= 0.6 is 0 Å². The van der Waals surface area contributed by atoms with E-state index < -0.39 is 10.0 Å². The number of morpholine rings is 1. The maximum absolute atomic E-state index is 13.1. The quantitative estimate of drug-likeness (QED) is 0.662. The molecule has 1 aliphatic rings. The number of rotatable bonds is 7. The van der Waals surface area contributed by atoms with Gasteiger partial charge in [-0.2, -0.15) is 4.31 Å². The number of aryl methyl sites for hydroxylation is 1. The number of ketones is 1. The summed E-state index contributed by atoms with van der Waals surface area (Å²) in [7, 11) is -3.70. The molecule has 1 aromatic carbocycles. The lowest BCUT2D eigenvalue weighted by molar-refractivity contribution is -0.0440. The zero-order valence-corrected chi connectivity index (χ0v) is 17.4. The average Bonchev–Trinajstić information content (AvgIpc) is 3.13. The highest BCUT2D eigenvalue weighted by molar-refractivity contribution is 7.89. The minimum absolute atomic E-state index is 0.117. The molecule has 7 nitrogen and oxygen atoms in total. The number of carbonyl (C=O) groups is 1. The summed E-state index contributed by atoms with van der Waals surface area (Å²) in [4.78, 5) is 17.2. The zero-order chi connectivity index (χ0) is 20.3. The van der Waals surface area contributed by atoms with Crippen LogP contribution in [0.3, 0.4) is 0 Å². The smallest absolute Gasteiger partial charge is 0.243 e. The van der Waals surface area contributed by atoms with Crippen LogP contribution in [0.4, 0.5) is 0 Å². The fourth-order valence-electron chi connectivity index (χ4n) is 3.43. The molecule has 0 saturated carbocycles. The molecule has 2 atom stereocenters. The number of nitrogens with zero attached hydrogens (tertiary/aromatic N) is 3. The summed E-state index contributed by atoms with van der Waals surface area (Å²) >= 11 is 0. The number of sulfonamides is 1. The molecule has 1 saturated heterocycles. The molecule has 1 fully saturated rings. The number of benzene rings is 1. The molecule has 8 heteroatoms. The number of ether oxygens (including phenoxy) is 1. The van der Waals surface area contributed by atoms with Crippen LogP contribution in [0.2, 0.25) is 0 Å². The van der Waals surface area contributed by atoms with Crippen molar-refractivity contribution in [1.82, 2.24) is 13.9 Å². The van der Waals surface area contributed by atoms with Crippen LogP contribution in [0.25, 0.3) is 0 Å². The highest BCUT2D eigenvalue weighted by Gasteiger charge is 2.32. The number of imidazole rings is 1. The molecular formula is C20H27N3O4S. The van der Waals surface area contributed by atoms with Gasteiger partial charge in [0.15, 0.2) is 5.82 Å². The van der Waals surface area contributed by atoms with E-state index in [0.717, 1.165) is 12.8 Å². The van der Waals surface area contributed by atoms with Gasteiger partial charge in [-0.1, -0.05) is 25.5 Å². The molecule has 0 amide bonds. The predicted octanol–water partition coefficient (Wildman–Crippen LogP) is 2.71. The number of hydrogen-bond acceptors (Lipinski definition) is 5. The molecule has 0 spiro atoms. The Morgan fingerprint density at radius 2 is 1.96 bits per heavy atom. The Balaban J connectivity index is 1.88. The summed E-state index contributed by atoms with van der Waals surface area (Å²) in [5.41, 5.74) is 0.319. The fraction of sp³-hybridized carbons (Fsp3) is 0.500. The van der Waals surface area contributed by atoms with Gasteiger partial charge >= 0.3 is 0 Å². The predicted molar refractivity (Wildman–Crippen MR) is 106 cm³/mol. The van der Waals surface area contributed by atoms with Crippen LogP contribution in [-0.4, -0.2) is 53.4 Å². The Morgan fingerprint density at radius 3 is 2.64 bits per heavy atom. The Bertz CT molecular complexity index is 928. The van der Waals surface area contributed by atoms with E-state index >= 15 is 0 Å². The first-order valence-electron chi connectivity index (χ1n) is 9.64. The van der Waals surface area contributed by atoms with Gasteiger partial charge < -0.3 is 9.30 Å². The minimum atomic E-state index is -3.70. The van der Waals surface area contributed by atoms with Crippen LogP contribution in [0.5, 0.6) is 0 Å². The van der Waals surface area contributed by atoms with Crippen molar-refractivity contribution >= 4 is 15.8 Å². The Labute approximate surface area is 166 Å². The fourth-order valence-corrected chi connectivity index (χ4v) is 5.07. The van der Waals surface area contributed by atoms with Gasteiger partial charge in [-0.15, -0.1) is 0 Å². The number of carbonyl (C=O) groups excluding carboxylic acids is 1. The monoisotopic (exact) mass is 405 g/mol. The van der Waals surface area contributed by atoms with Crippen molar-refractivity contribution in [3.63, 3.8) is 0 Å². The number of aromatic nitrogens is 2. The van der Waals surface area contributed by atoms with Gasteiger partial charge in [0.2, 0.25) is 15.8 Å². The van der Waals surface area contributed by atoms with Gasteiger partial charge in [0.05, 0.1) is 17.1 Å². The van der Waals surface area contributed by atoms with Crippen molar-refractivity contribution in [2.24, 2.45) is 0 Å². The van der Waals surface area contributed by atoms with E-state index in [0.29, 0.717) is 31.0 Å². The molecule has 2 heterocycles. The van der Waals surface area contributed by atoms with Crippen molar-refractivity contribution in [2.75, 3.05) is 13.1 Å². The second-order valence-electron chi connectivity index (χ2n) is 7.23. The lowest BCUT2D eigenvalue weighted by Crippen LogP contribution is -2.48. The SMILES string of the molecule is CCCCn1ccnc1C(=O)c1cccc(S(=O)(=O)N2C[C@@H](C)O[C@H](C)C2)c1. The van der Waals surface area contributed by atoms with Gasteiger partial charge in [-0.25, -0.2) is 13.4 Å². The van der Waals surface area contributed by atoms with E-state index in [-0.39, 0.29) is 22.9 Å². The van der Waals surface area contributed by atoms with Crippen molar-refractivity contribution in [2.45, 2.75) is 57.3 Å². The third kappa shape index (κ3) is 4.34. The molecule has 0 bridgehead atoms. The third-order valence-electron chi connectivity index (χ3n) is 4.79. The summed E-state index contributed by atoms with van der Waals surface area (Å²) in [6.45, 7) is 7.10. The van der Waals surface area contributed by atoms with E-state index in [1.54, 1.807) is 24.5 Å². The first-order chi connectivity index (χ1) is 13.3.